The van der Waals surface area contributed by atoms with Crippen LogP contribution in [0.25, 0.3) is 5.57 Å². The van der Waals surface area contributed by atoms with Crippen LogP contribution in [-0.2, 0) is 11.2 Å². The summed E-state index contributed by atoms with van der Waals surface area (Å²) >= 11 is 0. The zero-order valence-electron chi connectivity index (χ0n) is 10.4. The second kappa shape index (κ2) is 5.21. The number of esters is 1. The quantitative estimate of drug-likeness (QED) is 0.750. The minimum Gasteiger partial charge on any atom is -0.463 e. The molecule has 1 heterocycles. The van der Waals surface area contributed by atoms with Crippen LogP contribution in [-0.4, -0.2) is 13.1 Å². The van der Waals surface area contributed by atoms with E-state index in [1.807, 2.05) is 6.07 Å². The van der Waals surface area contributed by atoms with E-state index in [2.05, 4.69) is 17.7 Å². The first kappa shape index (κ1) is 12.0. The number of carbonyl (C=O) groups is 1. The van der Waals surface area contributed by atoms with Gasteiger partial charge in [-0.3, -0.25) is 0 Å². The van der Waals surface area contributed by atoms with Gasteiger partial charge in [0.15, 0.2) is 0 Å². The van der Waals surface area contributed by atoms with Crippen molar-refractivity contribution in [2.45, 2.75) is 39.0 Å². The maximum Gasteiger partial charge on any atom is 0.373 e. The Morgan fingerprint density at radius 1 is 1.53 bits per heavy atom. The van der Waals surface area contributed by atoms with Crippen LogP contribution in [0.15, 0.2) is 16.6 Å². The molecule has 0 spiro atoms. The molecule has 17 heavy (non-hydrogen) atoms. The molecule has 0 aromatic carbocycles. The van der Waals surface area contributed by atoms with Crippen LogP contribution in [0.1, 0.15) is 54.5 Å². The van der Waals surface area contributed by atoms with Crippen LogP contribution in [0.5, 0.6) is 0 Å². The van der Waals surface area contributed by atoms with E-state index in [-0.39, 0.29) is 0 Å². The SMILES string of the molecule is CCCC=C1CCCc2oc(C(=O)OC)cc21. The number of hydrogen-bond donors (Lipinski definition) is 0. The topological polar surface area (TPSA) is 39.4 Å². The molecule has 0 unspecified atom stereocenters. The minimum atomic E-state index is -0.394. The van der Waals surface area contributed by atoms with E-state index in [0.717, 1.165) is 43.4 Å². The van der Waals surface area contributed by atoms with Crippen molar-refractivity contribution in [1.29, 1.82) is 0 Å². The van der Waals surface area contributed by atoms with Crippen molar-refractivity contribution in [3.05, 3.63) is 29.2 Å². The van der Waals surface area contributed by atoms with E-state index >= 15 is 0 Å². The Morgan fingerprint density at radius 2 is 2.35 bits per heavy atom. The number of allylic oxidation sites excluding steroid dienone is 2. The molecule has 0 bridgehead atoms. The lowest BCUT2D eigenvalue weighted by Crippen LogP contribution is -1.98. The molecule has 1 aromatic rings. The van der Waals surface area contributed by atoms with Crippen LogP contribution in [0.4, 0.5) is 0 Å². The summed E-state index contributed by atoms with van der Waals surface area (Å²) < 4.78 is 10.2. The molecule has 92 valence electrons. The van der Waals surface area contributed by atoms with Gasteiger partial charge in [0.2, 0.25) is 5.76 Å². The van der Waals surface area contributed by atoms with E-state index in [1.54, 1.807) is 0 Å². The lowest BCUT2D eigenvalue weighted by molar-refractivity contribution is 0.0563. The first-order chi connectivity index (χ1) is 8.26. The summed E-state index contributed by atoms with van der Waals surface area (Å²) in [6.07, 6.45) is 7.56. The largest absolute Gasteiger partial charge is 0.463 e. The van der Waals surface area contributed by atoms with Crippen LogP contribution < -0.4 is 0 Å². The number of furan rings is 1. The number of aryl methyl sites for hydroxylation is 1. The van der Waals surface area contributed by atoms with Gasteiger partial charge in [0, 0.05) is 12.0 Å². The van der Waals surface area contributed by atoms with Gasteiger partial charge in [-0.2, -0.15) is 0 Å². The Kier molecular flexibility index (Phi) is 3.67. The Morgan fingerprint density at radius 3 is 3.06 bits per heavy atom. The number of rotatable bonds is 3. The fourth-order valence-corrected chi connectivity index (χ4v) is 2.19. The molecule has 0 aliphatic heterocycles. The van der Waals surface area contributed by atoms with Crippen molar-refractivity contribution in [2.75, 3.05) is 7.11 Å². The molecule has 0 atom stereocenters. The van der Waals surface area contributed by atoms with Gasteiger partial charge >= 0.3 is 5.97 Å². The summed E-state index contributed by atoms with van der Waals surface area (Å²) in [6, 6.07) is 1.82. The third kappa shape index (κ3) is 2.43. The number of carbonyl (C=O) groups excluding carboxylic acids is 1. The van der Waals surface area contributed by atoms with Crippen molar-refractivity contribution < 1.29 is 13.9 Å². The van der Waals surface area contributed by atoms with Crippen LogP contribution >= 0.6 is 0 Å². The lowest BCUT2D eigenvalue weighted by atomic mass is 9.92. The molecule has 0 amide bonds. The molecule has 1 aromatic heterocycles. The molecule has 1 aliphatic rings. The normalized spacial score (nSPS) is 16.9. The zero-order valence-corrected chi connectivity index (χ0v) is 10.4. The van der Waals surface area contributed by atoms with E-state index in [0.29, 0.717) is 5.76 Å². The second-order valence-corrected chi connectivity index (χ2v) is 4.31. The number of unbranched alkanes of at least 4 members (excludes halogenated alkanes) is 1. The van der Waals surface area contributed by atoms with E-state index in [9.17, 15) is 4.79 Å². The molecule has 3 heteroatoms. The van der Waals surface area contributed by atoms with Crippen LogP contribution in [0.3, 0.4) is 0 Å². The van der Waals surface area contributed by atoms with Crippen molar-refractivity contribution in [2.24, 2.45) is 0 Å². The van der Waals surface area contributed by atoms with Crippen molar-refractivity contribution in [3.8, 4) is 0 Å². The van der Waals surface area contributed by atoms with Gasteiger partial charge in [-0.25, -0.2) is 4.79 Å². The molecular weight excluding hydrogens is 216 g/mol. The Labute approximate surface area is 101 Å². The molecule has 0 saturated carbocycles. The average molecular weight is 234 g/mol. The van der Waals surface area contributed by atoms with E-state index in [1.165, 1.54) is 12.7 Å². The highest BCUT2D eigenvalue weighted by atomic mass is 16.5. The van der Waals surface area contributed by atoms with Gasteiger partial charge in [-0.1, -0.05) is 19.4 Å². The molecule has 0 fully saturated rings. The summed E-state index contributed by atoms with van der Waals surface area (Å²) in [6.45, 7) is 2.16. The summed E-state index contributed by atoms with van der Waals surface area (Å²) in [5.41, 5.74) is 2.41. The Bertz CT molecular complexity index is 440. The van der Waals surface area contributed by atoms with E-state index < -0.39 is 5.97 Å². The fourth-order valence-electron chi connectivity index (χ4n) is 2.19. The second-order valence-electron chi connectivity index (χ2n) is 4.31. The Hall–Kier alpha value is -1.51. The van der Waals surface area contributed by atoms with Crippen molar-refractivity contribution >= 4 is 11.5 Å². The summed E-state index contributed by atoms with van der Waals surface area (Å²) in [4.78, 5) is 11.4. The molecule has 3 nitrogen and oxygen atoms in total. The first-order valence-corrected chi connectivity index (χ1v) is 6.16. The minimum absolute atomic E-state index is 0.321. The highest BCUT2D eigenvalue weighted by molar-refractivity contribution is 5.88. The van der Waals surface area contributed by atoms with Crippen LogP contribution in [0.2, 0.25) is 0 Å². The molecular formula is C14H18O3. The molecule has 2 rings (SSSR count). The third-order valence-corrected chi connectivity index (χ3v) is 3.07. The number of fused-ring (bicyclic) bond motifs is 1. The predicted octanol–water partition coefficient (Wildman–Crippen LogP) is 3.59. The van der Waals surface area contributed by atoms with Crippen molar-refractivity contribution in [1.82, 2.24) is 0 Å². The van der Waals surface area contributed by atoms with Gasteiger partial charge in [0.1, 0.15) is 5.76 Å². The first-order valence-electron chi connectivity index (χ1n) is 6.16. The Balaban J connectivity index is 2.31. The van der Waals surface area contributed by atoms with Gasteiger partial charge in [0.05, 0.1) is 7.11 Å². The smallest absolute Gasteiger partial charge is 0.373 e. The maximum absolute atomic E-state index is 11.4. The standard InChI is InChI=1S/C14H18O3/c1-3-4-6-10-7-5-8-12-11(10)9-13(17-12)14(15)16-2/h6,9H,3-5,7-8H2,1-2H3. The summed E-state index contributed by atoms with van der Waals surface area (Å²) in [5.74, 6) is 0.857. The van der Waals surface area contributed by atoms with Gasteiger partial charge in [-0.15, -0.1) is 0 Å². The zero-order chi connectivity index (χ0) is 12.3. The molecule has 0 radical (unpaired) electrons. The monoisotopic (exact) mass is 234 g/mol. The summed E-state index contributed by atoms with van der Waals surface area (Å²) in [7, 11) is 1.37. The predicted molar refractivity (Wildman–Crippen MR) is 65.9 cm³/mol. The highest BCUT2D eigenvalue weighted by Crippen LogP contribution is 2.33. The lowest BCUT2D eigenvalue weighted by Gasteiger charge is -2.13. The molecule has 1 aliphatic carbocycles. The fraction of sp³-hybridized carbons (Fsp3) is 0.500. The van der Waals surface area contributed by atoms with Gasteiger partial charge in [0.25, 0.3) is 0 Å². The average Bonchev–Trinajstić information content (AvgIpc) is 2.79. The number of ether oxygens (including phenoxy) is 1. The van der Waals surface area contributed by atoms with Crippen molar-refractivity contribution in [3.63, 3.8) is 0 Å². The highest BCUT2D eigenvalue weighted by Gasteiger charge is 2.22. The molecule has 0 N–H and O–H groups in total. The van der Waals surface area contributed by atoms with Crippen LogP contribution in [0, 0.1) is 0 Å². The van der Waals surface area contributed by atoms with Gasteiger partial charge in [-0.05, 0) is 30.9 Å². The summed E-state index contributed by atoms with van der Waals surface area (Å²) in [5, 5.41) is 0. The van der Waals surface area contributed by atoms with E-state index in [4.69, 9.17) is 4.42 Å². The third-order valence-electron chi connectivity index (χ3n) is 3.07. The number of methoxy groups -OCH3 is 1. The maximum atomic E-state index is 11.4. The molecule has 0 saturated heterocycles. The van der Waals surface area contributed by atoms with Gasteiger partial charge < -0.3 is 9.15 Å². The number of hydrogen-bond acceptors (Lipinski definition) is 3.